The van der Waals surface area contributed by atoms with Crippen LogP contribution in [0.25, 0.3) is 32.6 Å². The van der Waals surface area contributed by atoms with Gasteiger partial charge in [0.1, 0.15) is 29.7 Å². The number of pyridine rings is 1. The summed E-state index contributed by atoms with van der Waals surface area (Å²) >= 11 is 1.57. The molecule has 0 unspecified atom stereocenters. The Bertz CT molecular complexity index is 3510. The summed E-state index contributed by atoms with van der Waals surface area (Å²) in [7, 11) is -4.38. The van der Waals surface area contributed by atoms with Crippen LogP contribution in [0.4, 0.5) is 24.5 Å². The number of aliphatic hydroxyl groups is 1. The van der Waals surface area contributed by atoms with E-state index in [1.165, 1.54) is 11.1 Å². The Kier molecular flexibility index (Phi) is 15.9. The molecule has 434 valence electrons. The molecule has 3 aromatic heterocycles. The topological polar surface area (TPSA) is 217 Å². The highest BCUT2D eigenvalue weighted by Crippen LogP contribution is 2.39. The molecular formula is C59H68F3N11O7S2. The molecule has 3 aromatic carbocycles. The number of hydrogen-bond acceptors (Lipinski definition) is 13. The van der Waals surface area contributed by atoms with E-state index in [9.17, 15) is 37.1 Å². The Balaban J connectivity index is 0.665. The lowest BCUT2D eigenvalue weighted by Crippen LogP contribution is -2.59. The predicted octanol–water partition coefficient (Wildman–Crippen LogP) is 6.97. The zero-order chi connectivity index (χ0) is 57.9. The van der Waals surface area contributed by atoms with Gasteiger partial charge in [-0.2, -0.15) is 12.7 Å². The number of β-amino-alcohol motifs (C(OH)–C–C–N with tert-alkyl or cyclic N) is 1. The Morgan fingerprint density at radius 2 is 1.59 bits per heavy atom. The molecule has 3 amide bonds. The molecule has 8 heterocycles. The van der Waals surface area contributed by atoms with Crippen molar-refractivity contribution in [3.05, 3.63) is 119 Å². The maximum absolute atomic E-state index is 15.9. The average Bonchev–Trinajstić information content (AvgIpc) is 4.53. The second-order valence-electron chi connectivity index (χ2n) is 23.6. The molecule has 2 bridgehead atoms. The molecule has 5 fully saturated rings. The van der Waals surface area contributed by atoms with Crippen molar-refractivity contribution in [3.8, 4) is 21.6 Å². The van der Waals surface area contributed by atoms with Crippen LogP contribution in [0, 0.1) is 24.0 Å². The van der Waals surface area contributed by atoms with Gasteiger partial charge in [-0.15, -0.1) is 11.3 Å². The van der Waals surface area contributed by atoms with E-state index in [0.717, 1.165) is 94.8 Å². The van der Waals surface area contributed by atoms with E-state index >= 15 is 8.78 Å². The van der Waals surface area contributed by atoms with Crippen LogP contribution >= 0.6 is 11.3 Å². The number of piperazine rings is 1. The van der Waals surface area contributed by atoms with Gasteiger partial charge in [0.05, 0.1) is 46.0 Å². The minimum atomic E-state index is -4.38. The minimum absolute atomic E-state index is 0.00629. The average molecular weight is 1160 g/mol. The lowest BCUT2D eigenvalue weighted by Gasteiger charge is -2.43. The van der Waals surface area contributed by atoms with Crippen molar-refractivity contribution in [2.45, 2.75) is 115 Å². The van der Waals surface area contributed by atoms with Gasteiger partial charge in [0, 0.05) is 105 Å². The molecule has 0 saturated carbocycles. The van der Waals surface area contributed by atoms with Crippen molar-refractivity contribution < 1.29 is 45.9 Å². The van der Waals surface area contributed by atoms with Crippen molar-refractivity contribution in [2.75, 3.05) is 62.0 Å². The number of benzene rings is 3. The Labute approximate surface area is 478 Å². The van der Waals surface area contributed by atoms with E-state index in [-0.39, 0.29) is 55.9 Å². The van der Waals surface area contributed by atoms with Gasteiger partial charge in [0.15, 0.2) is 5.82 Å². The molecule has 6 aromatic rings. The Hall–Kier alpha value is -6.76. The SMILES string of the molecule is Cc1ncsc1-c1ccc([C@H](C)NC(=O)[C@@H]2C[C@@H](O)CN2C(=O)[C@@H](NC(=O)CN2CCC(N3C[C@H]4C[C@@H]3CN4c3ccc(-c4cnc5[nH]cc(C(=O)c6c(F)ccc(NS(=O)(=O)N7CC[C@@H](F)C7)c6F)c5c4)cc3)CC2)C(C)(C)C)cc1. The number of nitrogens with zero attached hydrogens (tertiary/aromatic N) is 7. The largest absolute Gasteiger partial charge is 0.391 e. The van der Waals surface area contributed by atoms with Crippen molar-refractivity contribution in [1.29, 1.82) is 0 Å². The third-order valence-corrected chi connectivity index (χ3v) is 19.5. The van der Waals surface area contributed by atoms with Crippen molar-refractivity contribution >= 4 is 67.5 Å². The second kappa shape index (κ2) is 22.8. The first-order chi connectivity index (χ1) is 39.1. The second-order valence-corrected chi connectivity index (χ2v) is 26.1. The van der Waals surface area contributed by atoms with Crippen molar-refractivity contribution in [3.63, 3.8) is 0 Å². The molecule has 0 aliphatic carbocycles. The quantitative estimate of drug-likeness (QED) is 0.0622. The number of aromatic nitrogens is 3. The number of hydrogen-bond donors (Lipinski definition) is 5. The highest BCUT2D eigenvalue weighted by Gasteiger charge is 2.47. The number of H-pyrrole nitrogens is 1. The van der Waals surface area contributed by atoms with Crippen LogP contribution in [-0.4, -0.2) is 166 Å². The molecule has 82 heavy (non-hydrogen) atoms. The van der Waals surface area contributed by atoms with Gasteiger partial charge in [0.25, 0.3) is 0 Å². The van der Waals surface area contributed by atoms with Crippen LogP contribution in [0.3, 0.4) is 0 Å². The van der Waals surface area contributed by atoms with Crippen LogP contribution in [0.5, 0.6) is 0 Å². The van der Waals surface area contributed by atoms with Gasteiger partial charge in [-0.1, -0.05) is 57.2 Å². The highest BCUT2D eigenvalue weighted by atomic mass is 32.2. The molecule has 5 saturated heterocycles. The Morgan fingerprint density at radius 1 is 0.854 bits per heavy atom. The summed E-state index contributed by atoms with van der Waals surface area (Å²) in [6, 6.07) is 18.3. The fraction of sp³-hybridized carbons (Fsp3) is 0.458. The third kappa shape index (κ3) is 11.5. The number of thiazole rings is 1. The fourth-order valence-electron chi connectivity index (χ4n) is 12.6. The summed E-state index contributed by atoms with van der Waals surface area (Å²) in [5.41, 5.74) is 5.24. The molecule has 5 aliphatic heterocycles. The highest BCUT2D eigenvalue weighted by molar-refractivity contribution is 7.90. The number of ketones is 1. The summed E-state index contributed by atoms with van der Waals surface area (Å²) < 4.78 is 73.6. The van der Waals surface area contributed by atoms with Gasteiger partial charge in [-0.3, -0.25) is 33.7 Å². The maximum atomic E-state index is 15.9. The first-order valence-corrected chi connectivity index (χ1v) is 30.3. The van der Waals surface area contributed by atoms with Crippen LogP contribution in [-0.2, 0) is 24.6 Å². The number of aromatic amines is 1. The molecule has 5 N–H and O–H groups in total. The first-order valence-electron chi connectivity index (χ1n) is 28.0. The van der Waals surface area contributed by atoms with Crippen molar-refractivity contribution in [1.82, 2.24) is 44.6 Å². The zero-order valence-corrected chi connectivity index (χ0v) is 48.0. The van der Waals surface area contributed by atoms with E-state index in [1.807, 2.05) is 81.2 Å². The van der Waals surface area contributed by atoms with E-state index in [4.69, 9.17) is 0 Å². The van der Waals surface area contributed by atoms with Gasteiger partial charge in [0.2, 0.25) is 23.5 Å². The van der Waals surface area contributed by atoms with Gasteiger partial charge in [-0.25, -0.2) is 23.1 Å². The summed E-state index contributed by atoms with van der Waals surface area (Å²) in [6.07, 6.45) is 3.63. The number of fused-ring (bicyclic) bond motifs is 3. The number of alkyl halides is 1. The number of nitrogens with one attached hydrogen (secondary N) is 4. The lowest BCUT2D eigenvalue weighted by atomic mass is 9.85. The summed E-state index contributed by atoms with van der Waals surface area (Å²) in [4.78, 5) is 77.3. The number of likely N-dealkylation sites (tertiary alicyclic amines) is 3. The van der Waals surface area contributed by atoms with E-state index in [0.29, 0.717) is 34.7 Å². The van der Waals surface area contributed by atoms with Gasteiger partial charge >= 0.3 is 10.2 Å². The number of aryl methyl sites for hydroxylation is 1. The van der Waals surface area contributed by atoms with Crippen LogP contribution in [0.2, 0.25) is 0 Å². The van der Waals surface area contributed by atoms with Crippen molar-refractivity contribution in [2.24, 2.45) is 5.41 Å². The number of aliphatic hydroxyl groups excluding tert-OH is 1. The van der Waals surface area contributed by atoms with Crippen LogP contribution in [0.15, 0.2) is 84.6 Å². The summed E-state index contributed by atoms with van der Waals surface area (Å²) in [5.74, 6) is -4.61. The molecule has 5 aliphatic rings. The molecule has 11 rings (SSSR count). The molecular weight excluding hydrogens is 1100 g/mol. The number of rotatable bonds is 16. The molecule has 23 heteroatoms. The van der Waals surface area contributed by atoms with Gasteiger partial charge in [-0.05, 0) is 92.0 Å². The first kappa shape index (κ1) is 57.1. The smallest absolute Gasteiger partial charge is 0.301 e. The number of piperidine rings is 1. The number of carbonyl (C=O) groups is 4. The number of halogens is 3. The van der Waals surface area contributed by atoms with E-state index < -0.39 is 81.1 Å². The minimum Gasteiger partial charge on any atom is -0.391 e. The lowest BCUT2D eigenvalue weighted by molar-refractivity contribution is -0.144. The standard InChI is InChI=1S/C59H68F3N11O7S2/c1-33(35-6-8-37(9-7-35)54-34(2)65-32-81-54)66-57(77)49-24-44(74)30-73(49)58(78)55(59(3,4)5)67-50(75)31-69-19-17-41(18-20-69)72-29-42-23-43(72)28-71(42)40-12-10-36(11-13-40)38-22-45-46(26-64-56(45)63-25-38)53(76)51-47(61)14-15-48(52(51)62)68-82(79,80)70-21-16-39(60)27-70/h6-15,22,25-26,32-33,39,41-44,49,55,68,74H,16-21,23-24,27-31H2,1-5H3,(H,63,64)(H,66,77)(H,67,75)/t33-,39+,42+,43+,44+,49-,55+/m0/s1. The molecule has 0 spiro atoms. The Morgan fingerprint density at radius 3 is 2.24 bits per heavy atom. The fourth-order valence-corrected chi connectivity index (χ4v) is 14.7. The maximum Gasteiger partial charge on any atom is 0.301 e. The monoisotopic (exact) mass is 1160 g/mol. The molecule has 18 nitrogen and oxygen atoms in total. The summed E-state index contributed by atoms with van der Waals surface area (Å²) in [6.45, 7) is 12.4. The summed E-state index contributed by atoms with van der Waals surface area (Å²) in [5, 5.41) is 17.2. The number of amides is 3. The predicted molar refractivity (Wildman–Crippen MR) is 307 cm³/mol. The van der Waals surface area contributed by atoms with Crippen LogP contribution in [0.1, 0.15) is 93.0 Å². The number of anilines is 2. The normalized spacial score (nSPS) is 22.7. The van der Waals surface area contributed by atoms with E-state index in [2.05, 4.69) is 52.4 Å². The zero-order valence-electron chi connectivity index (χ0n) is 46.4. The third-order valence-electron chi connectivity index (χ3n) is 17.0. The molecule has 0 radical (unpaired) electrons. The van der Waals surface area contributed by atoms with Gasteiger partial charge < -0.3 is 30.5 Å². The van der Waals surface area contributed by atoms with E-state index in [1.54, 1.807) is 23.6 Å². The van der Waals surface area contributed by atoms with Crippen LogP contribution < -0.4 is 20.3 Å². The molecule has 7 atom stereocenters. The number of carbonyl (C=O) groups excluding carboxylic acids is 4.